The molecule has 0 aliphatic rings. The van der Waals surface area contributed by atoms with Crippen molar-refractivity contribution in [1.29, 1.82) is 0 Å². The third kappa shape index (κ3) is 3.76. The summed E-state index contributed by atoms with van der Waals surface area (Å²) in [4.78, 5) is 15.7. The predicted octanol–water partition coefficient (Wildman–Crippen LogP) is 5.14. The van der Waals surface area contributed by atoms with Crippen molar-refractivity contribution in [3.63, 3.8) is 0 Å². The highest BCUT2D eigenvalue weighted by atomic mass is 19.4. The number of rotatable bonds is 4. The fraction of sp³-hybridized carbons (Fsp3) is 0.143. The highest BCUT2D eigenvalue weighted by Crippen LogP contribution is 2.37. The van der Waals surface area contributed by atoms with Gasteiger partial charge < -0.3 is 9.30 Å². The number of alkyl halides is 3. The van der Waals surface area contributed by atoms with Crippen LogP contribution < -0.4 is 10.3 Å². The van der Waals surface area contributed by atoms with Gasteiger partial charge in [0.15, 0.2) is 0 Å². The number of aromatic nitrogens is 1. The molecule has 28 heavy (non-hydrogen) atoms. The highest BCUT2D eigenvalue weighted by molar-refractivity contribution is 5.66. The van der Waals surface area contributed by atoms with Gasteiger partial charge in [0.25, 0.3) is 11.2 Å². The summed E-state index contributed by atoms with van der Waals surface area (Å²) in [5.74, 6) is 0.559. The van der Waals surface area contributed by atoms with Crippen LogP contribution in [-0.2, 0) is 12.7 Å². The summed E-state index contributed by atoms with van der Waals surface area (Å²) in [5, 5.41) is 0. The van der Waals surface area contributed by atoms with E-state index in [-0.39, 0.29) is 12.2 Å². The molecule has 2 aromatic carbocycles. The van der Waals surface area contributed by atoms with E-state index in [0.717, 1.165) is 6.07 Å². The Morgan fingerprint density at radius 2 is 1.79 bits per heavy atom. The van der Waals surface area contributed by atoms with Crippen LogP contribution in [0.3, 0.4) is 0 Å². The molecular weight excluding hydrogens is 369 g/mol. The molecule has 0 aliphatic heterocycles. The molecule has 3 rings (SSSR count). The Kier molecular flexibility index (Phi) is 5.23. The molecule has 0 bridgehead atoms. The molecule has 0 N–H and O–H groups in total. The molecule has 0 spiro atoms. The van der Waals surface area contributed by atoms with Crippen molar-refractivity contribution in [2.24, 2.45) is 0 Å². The number of halogens is 3. The van der Waals surface area contributed by atoms with Crippen molar-refractivity contribution in [2.45, 2.75) is 12.7 Å². The number of nitrogens with zero attached hydrogens (tertiary/aromatic N) is 2. The van der Waals surface area contributed by atoms with Crippen LogP contribution in [0.5, 0.6) is 5.75 Å². The van der Waals surface area contributed by atoms with Crippen molar-refractivity contribution in [3.8, 4) is 17.0 Å². The Morgan fingerprint density at radius 3 is 2.39 bits per heavy atom. The molecular formula is C21H15F3N2O2. The fourth-order valence-corrected chi connectivity index (χ4v) is 2.92. The first-order valence-electron chi connectivity index (χ1n) is 8.26. The van der Waals surface area contributed by atoms with E-state index in [1.54, 1.807) is 54.6 Å². The van der Waals surface area contributed by atoms with Crippen LogP contribution in [-0.4, -0.2) is 11.7 Å². The van der Waals surface area contributed by atoms with E-state index in [9.17, 15) is 18.0 Å². The minimum atomic E-state index is -4.81. The average Bonchev–Trinajstić information content (AvgIpc) is 2.69. The Labute approximate surface area is 159 Å². The van der Waals surface area contributed by atoms with E-state index in [1.807, 2.05) is 0 Å². The predicted molar refractivity (Wildman–Crippen MR) is 99.5 cm³/mol. The Bertz CT molecular complexity index is 1100. The van der Waals surface area contributed by atoms with Gasteiger partial charge in [-0.3, -0.25) is 4.79 Å². The van der Waals surface area contributed by atoms with Crippen LogP contribution in [0.1, 0.15) is 11.1 Å². The largest absolute Gasteiger partial charge is 0.497 e. The normalized spacial score (nSPS) is 11.1. The average molecular weight is 384 g/mol. The van der Waals surface area contributed by atoms with Gasteiger partial charge in [-0.15, -0.1) is 0 Å². The minimum Gasteiger partial charge on any atom is -0.497 e. The number of methoxy groups -OCH3 is 1. The molecule has 142 valence electrons. The topological polar surface area (TPSA) is 35.6 Å². The Morgan fingerprint density at radius 1 is 1.07 bits per heavy atom. The molecule has 0 saturated carbocycles. The summed E-state index contributed by atoms with van der Waals surface area (Å²) >= 11 is 0. The van der Waals surface area contributed by atoms with Crippen LogP contribution in [0.25, 0.3) is 16.1 Å². The van der Waals surface area contributed by atoms with Crippen LogP contribution in [0, 0.1) is 6.57 Å². The second-order valence-electron chi connectivity index (χ2n) is 6.01. The molecule has 1 heterocycles. The van der Waals surface area contributed by atoms with E-state index < -0.39 is 23.0 Å². The summed E-state index contributed by atoms with van der Waals surface area (Å²) < 4.78 is 46.7. The van der Waals surface area contributed by atoms with Crippen molar-refractivity contribution >= 4 is 5.69 Å². The molecule has 4 nitrogen and oxygen atoms in total. The van der Waals surface area contributed by atoms with Crippen LogP contribution in [0.2, 0.25) is 0 Å². The number of hydrogen-bond donors (Lipinski definition) is 0. The number of pyridine rings is 1. The fourth-order valence-electron chi connectivity index (χ4n) is 2.92. The summed E-state index contributed by atoms with van der Waals surface area (Å²) in [7, 11) is 1.50. The lowest BCUT2D eigenvalue weighted by atomic mass is 10.1. The lowest BCUT2D eigenvalue weighted by molar-refractivity contribution is -0.136. The molecule has 0 amide bonds. The van der Waals surface area contributed by atoms with Gasteiger partial charge in [-0.1, -0.05) is 42.5 Å². The smallest absolute Gasteiger partial charge is 0.407 e. The minimum absolute atomic E-state index is 0.000911. The molecule has 1 aromatic heterocycles. The van der Waals surface area contributed by atoms with E-state index >= 15 is 0 Å². The summed E-state index contributed by atoms with van der Waals surface area (Å²) in [5.41, 5.74) is -1.94. The third-order valence-electron chi connectivity index (χ3n) is 4.24. The first-order chi connectivity index (χ1) is 13.3. The van der Waals surface area contributed by atoms with E-state index in [1.165, 1.54) is 11.7 Å². The molecule has 0 radical (unpaired) electrons. The number of ether oxygens (including phenoxy) is 1. The lowest BCUT2D eigenvalue weighted by Crippen LogP contribution is -2.25. The van der Waals surface area contributed by atoms with Gasteiger partial charge in [-0.05, 0) is 29.3 Å². The van der Waals surface area contributed by atoms with Gasteiger partial charge in [0, 0.05) is 5.69 Å². The Balaban J connectivity index is 2.28. The van der Waals surface area contributed by atoms with Crippen molar-refractivity contribution in [1.82, 2.24) is 4.57 Å². The van der Waals surface area contributed by atoms with Crippen LogP contribution in [0.4, 0.5) is 18.9 Å². The monoisotopic (exact) mass is 384 g/mol. The van der Waals surface area contributed by atoms with E-state index in [4.69, 9.17) is 11.3 Å². The maximum absolute atomic E-state index is 13.5. The Hall–Kier alpha value is -3.53. The van der Waals surface area contributed by atoms with Crippen molar-refractivity contribution in [3.05, 3.63) is 93.6 Å². The SMILES string of the molecule is [C-]#[N+]c1c(C(F)(F)F)cc(-c2ccccc2)n(Cc2cccc(OC)c2)c1=O. The molecule has 0 fully saturated rings. The molecule has 7 heteroatoms. The third-order valence-corrected chi connectivity index (χ3v) is 4.24. The van der Waals surface area contributed by atoms with Gasteiger partial charge >= 0.3 is 6.18 Å². The van der Waals surface area contributed by atoms with Crippen molar-refractivity contribution < 1.29 is 17.9 Å². The van der Waals surface area contributed by atoms with Crippen LogP contribution >= 0.6 is 0 Å². The van der Waals surface area contributed by atoms with Gasteiger partial charge in [0.05, 0.1) is 25.8 Å². The highest BCUT2D eigenvalue weighted by Gasteiger charge is 2.36. The summed E-state index contributed by atoms with van der Waals surface area (Å²) in [6.07, 6.45) is -4.81. The molecule has 0 atom stereocenters. The van der Waals surface area contributed by atoms with E-state index in [2.05, 4.69) is 4.85 Å². The summed E-state index contributed by atoms with van der Waals surface area (Å²) in [6, 6.07) is 16.1. The van der Waals surface area contributed by atoms with E-state index in [0.29, 0.717) is 16.9 Å². The number of hydrogen-bond acceptors (Lipinski definition) is 2. The second-order valence-corrected chi connectivity index (χ2v) is 6.01. The van der Waals surface area contributed by atoms with Gasteiger partial charge in [0.2, 0.25) is 0 Å². The quantitative estimate of drug-likeness (QED) is 0.584. The maximum Gasteiger partial charge on any atom is 0.407 e. The zero-order chi connectivity index (χ0) is 20.3. The lowest BCUT2D eigenvalue weighted by Gasteiger charge is -2.18. The van der Waals surface area contributed by atoms with Crippen molar-refractivity contribution in [2.75, 3.05) is 7.11 Å². The number of benzene rings is 2. The maximum atomic E-state index is 13.5. The molecule has 0 unspecified atom stereocenters. The van der Waals surface area contributed by atoms with Gasteiger partial charge in [-0.2, -0.15) is 13.2 Å². The van der Waals surface area contributed by atoms with Crippen LogP contribution in [0.15, 0.2) is 65.5 Å². The van der Waals surface area contributed by atoms with Gasteiger partial charge in [-0.25, -0.2) is 4.85 Å². The first kappa shape index (κ1) is 19.2. The first-order valence-corrected chi connectivity index (χ1v) is 8.26. The molecule has 3 aromatic rings. The second kappa shape index (κ2) is 7.61. The molecule has 0 saturated heterocycles. The zero-order valence-electron chi connectivity index (χ0n) is 14.8. The summed E-state index contributed by atoms with van der Waals surface area (Å²) in [6.45, 7) is 7.11. The standard InChI is InChI=1S/C21H15F3N2O2/c1-25-19-17(21(22,23)24)12-18(15-8-4-3-5-9-15)26(20(19)27)13-14-7-6-10-16(11-14)28-2/h3-12H,13H2,2H3. The van der Waals surface area contributed by atoms with Gasteiger partial charge in [0.1, 0.15) is 5.75 Å². The zero-order valence-corrected chi connectivity index (χ0v) is 14.8. The molecule has 0 aliphatic carbocycles.